The van der Waals surface area contributed by atoms with Crippen molar-refractivity contribution in [1.82, 2.24) is 30.2 Å². The molecule has 3 aromatic heterocycles. The van der Waals surface area contributed by atoms with E-state index < -0.39 is 5.82 Å². The van der Waals surface area contributed by atoms with Gasteiger partial charge in [0, 0.05) is 24.0 Å². The molecule has 3 aromatic rings. The highest BCUT2D eigenvalue weighted by Crippen LogP contribution is 2.59. The van der Waals surface area contributed by atoms with Crippen molar-refractivity contribution in [2.75, 3.05) is 26.7 Å². The lowest BCUT2D eigenvalue weighted by atomic mass is 9.90. The predicted molar refractivity (Wildman–Crippen MR) is 145 cm³/mol. The van der Waals surface area contributed by atoms with E-state index in [1.165, 1.54) is 25.6 Å². The zero-order valence-electron chi connectivity index (χ0n) is 23.1. The Hall–Kier alpha value is -3.60. The number of Topliss-reactive ketones (excluding diaryl/α,β-unsaturated/α-hetero) is 1. The number of likely N-dealkylation sites (tertiary alicyclic amines) is 1. The van der Waals surface area contributed by atoms with Crippen LogP contribution in [0.5, 0.6) is 5.88 Å². The Morgan fingerprint density at radius 3 is 2.77 bits per heavy atom. The van der Waals surface area contributed by atoms with Gasteiger partial charge in [-0.25, -0.2) is 19.3 Å². The Balaban J connectivity index is 1.24. The number of halogens is 1. The van der Waals surface area contributed by atoms with Crippen LogP contribution in [0.15, 0.2) is 35.3 Å². The van der Waals surface area contributed by atoms with Gasteiger partial charge in [0.05, 0.1) is 37.4 Å². The van der Waals surface area contributed by atoms with Crippen molar-refractivity contribution in [2.45, 2.75) is 64.3 Å². The maximum atomic E-state index is 14.6. The molecule has 214 valence electrons. The van der Waals surface area contributed by atoms with Crippen molar-refractivity contribution in [3.63, 3.8) is 0 Å². The fraction of sp³-hybridized carbons (Fsp3) is 0.552. The van der Waals surface area contributed by atoms with Crippen LogP contribution in [0.1, 0.15) is 80.8 Å². The number of aromatic amines is 1. The molecule has 2 N–H and O–H groups in total. The number of hydrogen-bond donors (Lipinski definition) is 2. The van der Waals surface area contributed by atoms with Gasteiger partial charge in [0.25, 0.3) is 5.89 Å². The topological polar surface area (TPSA) is 126 Å². The molecular weight excluding hydrogens is 515 g/mol. The molecular formula is C29H37FN6O4. The number of oxazole rings is 1. The van der Waals surface area contributed by atoms with Gasteiger partial charge < -0.3 is 24.4 Å². The second kappa shape index (κ2) is 12.3. The summed E-state index contributed by atoms with van der Waals surface area (Å²) in [7, 11) is 1.48. The lowest BCUT2D eigenvalue weighted by Gasteiger charge is -2.32. The number of hydrogen-bond acceptors (Lipinski definition) is 8. The van der Waals surface area contributed by atoms with Crippen molar-refractivity contribution in [3.8, 4) is 17.1 Å². The number of rotatable bonds is 13. The van der Waals surface area contributed by atoms with Crippen LogP contribution in [-0.2, 0) is 4.79 Å². The fourth-order valence-corrected chi connectivity index (χ4v) is 5.80. The minimum absolute atomic E-state index is 0.0174. The monoisotopic (exact) mass is 552 g/mol. The van der Waals surface area contributed by atoms with Crippen LogP contribution in [0.3, 0.4) is 0 Å². The molecule has 0 aromatic carbocycles. The Morgan fingerprint density at radius 1 is 1.23 bits per heavy atom. The van der Waals surface area contributed by atoms with Crippen LogP contribution in [0.2, 0.25) is 0 Å². The molecule has 1 amide bonds. The molecule has 1 saturated carbocycles. The molecule has 0 bridgehead atoms. The standard InChI is InChI=1S/C29H37FN6O4/c1-3-36-12-9-29(10-13-36)16-20(29)27(38)35-22(7-5-4-6-8-24(37)28-31-11-14-40-28)26-33-18-23(34-26)19-15-25(39-2)32-17-21(19)30/h11,14-15,17-18,20,22H,3-10,12-13,16H2,1-2H3,(H,33,34)(H,35,38)/t20-,22+/m1/s1. The third-order valence-corrected chi connectivity index (χ3v) is 8.44. The minimum Gasteiger partial charge on any atom is -0.481 e. The molecule has 5 rings (SSSR count). The molecule has 2 atom stereocenters. The first-order chi connectivity index (χ1) is 19.4. The van der Waals surface area contributed by atoms with Crippen molar-refractivity contribution < 1.29 is 23.1 Å². The first kappa shape index (κ1) is 27.9. The van der Waals surface area contributed by atoms with Crippen LogP contribution < -0.4 is 10.1 Å². The number of pyridine rings is 1. The van der Waals surface area contributed by atoms with Crippen LogP contribution >= 0.6 is 0 Å². The summed E-state index contributed by atoms with van der Waals surface area (Å²) in [6.07, 6.45) is 11.8. The Morgan fingerprint density at radius 2 is 2.05 bits per heavy atom. The van der Waals surface area contributed by atoms with E-state index in [-0.39, 0.29) is 35.0 Å². The SMILES string of the molecule is CCN1CCC2(CC1)C[C@@H]2C(=O)N[C@@H](CCCCCC(=O)c1ncco1)c1ncc(-c2cc(OC)ncc2F)[nH]1. The van der Waals surface area contributed by atoms with E-state index in [4.69, 9.17) is 9.15 Å². The summed E-state index contributed by atoms with van der Waals surface area (Å²) < 4.78 is 24.8. The van der Waals surface area contributed by atoms with Crippen molar-refractivity contribution in [2.24, 2.45) is 11.3 Å². The van der Waals surface area contributed by atoms with E-state index in [1.807, 2.05) is 0 Å². The molecule has 0 unspecified atom stereocenters. The van der Waals surface area contributed by atoms with Gasteiger partial charge in [0.1, 0.15) is 12.1 Å². The van der Waals surface area contributed by atoms with Gasteiger partial charge in [-0.2, -0.15) is 0 Å². The Bertz CT molecular complexity index is 1300. The number of aromatic nitrogens is 4. The van der Waals surface area contributed by atoms with Crippen LogP contribution in [0, 0.1) is 17.2 Å². The molecule has 4 heterocycles. The van der Waals surface area contributed by atoms with Crippen molar-refractivity contribution >= 4 is 11.7 Å². The largest absolute Gasteiger partial charge is 0.481 e. The van der Waals surface area contributed by atoms with E-state index in [1.54, 1.807) is 6.20 Å². The summed E-state index contributed by atoms with van der Waals surface area (Å²) in [6.45, 7) is 5.30. The summed E-state index contributed by atoms with van der Waals surface area (Å²) in [5.41, 5.74) is 0.898. The van der Waals surface area contributed by atoms with E-state index in [0.717, 1.165) is 57.9 Å². The average molecular weight is 553 g/mol. The number of amides is 1. The van der Waals surface area contributed by atoms with Gasteiger partial charge in [-0.3, -0.25) is 9.59 Å². The van der Waals surface area contributed by atoms with E-state index in [9.17, 15) is 14.0 Å². The molecule has 0 radical (unpaired) electrons. The molecule has 2 fully saturated rings. The molecule has 1 aliphatic carbocycles. The number of unbranched alkanes of at least 4 members (excludes halogenated alkanes) is 2. The molecule has 40 heavy (non-hydrogen) atoms. The predicted octanol–water partition coefficient (Wildman–Crippen LogP) is 4.72. The molecule has 2 aliphatic rings. The minimum atomic E-state index is -0.495. The van der Waals surface area contributed by atoms with Gasteiger partial charge in [-0.15, -0.1) is 0 Å². The number of ketones is 1. The fourth-order valence-electron chi connectivity index (χ4n) is 5.80. The number of H-pyrrole nitrogens is 1. The first-order valence-corrected chi connectivity index (χ1v) is 14.1. The zero-order valence-corrected chi connectivity index (χ0v) is 23.1. The molecule has 11 heteroatoms. The number of nitrogens with zero attached hydrogens (tertiary/aromatic N) is 4. The number of piperidine rings is 1. The Labute approximate surface area is 233 Å². The molecule has 10 nitrogen and oxygen atoms in total. The number of methoxy groups -OCH3 is 1. The maximum Gasteiger partial charge on any atom is 0.263 e. The summed E-state index contributed by atoms with van der Waals surface area (Å²) >= 11 is 0. The second-order valence-corrected chi connectivity index (χ2v) is 10.9. The highest BCUT2D eigenvalue weighted by Gasteiger charge is 2.58. The number of nitrogens with one attached hydrogen (secondary N) is 2. The van der Waals surface area contributed by atoms with E-state index in [0.29, 0.717) is 42.2 Å². The van der Waals surface area contributed by atoms with Gasteiger partial charge in [0.15, 0.2) is 5.82 Å². The second-order valence-electron chi connectivity index (χ2n) is 10.9. The third kappa shape index (κ3) is 6.24. The normalized spacial score (nSPS) is 18.9. The maximum absolute atomic E-state index is 14.6. The van der Waals surface area contributed by atoms with Crippen molar-refractivity contribution in [1.29, 1.82) is 0 Å². The zero-order chi connectivity index (χ0) is 28.1. The van der Waals surface area contributed by atoms with Gasteiger partial charge in [-0.1, -0.05) is 19.8 Å². The first-order valence-electron chi connectivity index (χ1n) is 14.1. The van der Waals surface area contributed by atoms with Crippen LogP contribution in [0.4, 0.5) is 4.39 Å². The van der Waals surface area contributed by atoms with Crippen LogP contribution in [0.25, 0.3) is 11.3 Å². The number of imidazole rings is 1. The quantitative estimate of drug-likeness (QED) is 0.230. The van der Waals surface area contributed by atoms with E-state index >= 15 is 0 Å². The smallest absolute Gasteiger partial charge is 0.263 e. The van der Waals surface area contributed by atoms with Gasteiger partial charge >= 0.3 is 0 Å². The van der Waals surface area contributed by atoms with Gasteiger partial charge in [0.2, 0.25) is 17.6 Å². The van der Waals surface area contributed by atoms with Gasteiger partial charge in [-0.05, 0) is 57.2 Å². The molecule has 1 aliphatic heterocycles. The van der Waals surface area contributed by atoms with Crippen molar-refractivity contribution in [3.05, 3.63) is 48.5 Å². The summed E-state index contributed by atoms with van der Waals surface area (Å²) in [4.78, 5) is 43.6. The average Bonchev–Trinajstić information content (AvgIpc) is 3.34. The summed E-state index contributed by atoms with van der Waals surface area (Å²) in [5, 5.41) is 3.25. The lowest BCUT2D eigenvalue weighted by Crippen LogP contribution is -2.37. The Kier molecular flexibility index (Phi) is 8.58. The van der Waals surface area contributed by atoms with Crippen LogP contribution in [-0.4, -0.2) is 63.3 Å². The summed E-state index contributed by atoms with van der Waals surface area (Å²) in [6, 6.07) is 1.16. The summed E-state index contributed by atoms with van der Waals surface area (Å²) in [5.74, 6) is 0.470. The molecule has 1 spiro atoms. The lowest BCUT2D eigenvalue weighted by molar-refractivity contribution is -0.124. The number of carbonyl (C=O) groups is 2. The highest BCUT2D eigenvalue weighted by molar-refractivity contribution is 5.91. The highest BCUT2D eigenvalue weighted by atomic mass is 19.1. The third-order valence-electron chi connectivity index (χ3n) is 8.44. The number of ether oxygens (including phenoxy) is 1. The van der Waals surface area contributed by atoms with E-state index in [2.05, 4.69) is 37.1 Å². The molecule has 1 saturated heterocycles. The number of carbonyl (C=O) groups excluding carboxylic acids is 2.